The predicted octanol–water partition coefficient (Wildman–Crippen LogP) is 1.68. The largest absolute Gasteiger partial charge is 0.507 e. The van der Waals surface area contributed by atoms with E-state index in [-0.39, 0.29) is 17.0 Å². The highest BCUT2D eigenvalue weighted by Gasteiger charge is 2.62. The minimum absolute atomic E-state index is 0.0935. The monoisotopic (exact) mass is 278 g/mol. The molecule has 1 heterocycles. The van der Waals surface area contributed by atoms with Crippen LogP contribution in [0.5, 0.6) is 5.75 Å². The number of benzene rings is 1. The lowest BCUT2D eigenvalue weighted by Gasteiger charge is -2.30. The second kappa shape index (κ2) is 4.37. The summed E-state index contributed by atoms with van der Waals surface area (Å²) in [4.78, 5) is 0. The Kier molecular flexibility index (Phi) is 3.13. The third-order valence-electron chi connectivity index (χ3n) is 2.84. The van der Waals surface area contributed by atoms with Gasteiger partial charge in [0, 0.05) is 12.0 Å². The number of aromatic hydroxyl groups is 1. The van der Waals surface area contributed by atoms with Crippen molar-refractivity contribution in [2.24, 2.45) is 5.10 Å². The summed E-state index contributed by atoms with van der Waals surface area (Å²) in [6, 6.07) is 5.69. The van der Waals surface area contributed by atoms with E-state index in [4.69, 9.17) is 0 Å². The maximum absolute atomic E-state index is 13.2. The number of hydrogen-bond donors (Lipinski definition) is 3. The molecule has 3 N–H and O–H groups in total. The number of alkyl halides is 4. The first-order chi connectivity index (χ1) is 8.78. The molecule has 0 bridgehead atoms. The Bertz CT molecular complexity index is 521. The van der Waals surface area contributed by atoms with Crippen LogP contribution in [0, 0.1) is 0 Å². The lowest BCUT2D eigenvalue weighted by atomic mass is 9.96. The molecule has 1 aliphatic heterocycles. The molecule has 0 aliphatic carbocycles. The van der Waals surface area contributed by atoms with Crippen LogP contribution in [0.25, 0.3) is 0 Å². The number of nitrogens with zero attached hydrogens (tertiary/aromatic N) is 1. The van der Waals surface area contributed by atoms with E-state index in [1.54, 1.807) is 5.43 Å². The zero-order valence-electron chi connectivity index (χ0n) is 9.45. The minimum Gasteiger partial charge on any atom is -0.507 e. The van der Waals surface area contributed by atoms with Gasteiger partial charge in [0.2, 0.25) is 5.72 Å². The van der Waals surface area contributed by atoms with Gasteiger partial charge in [-0.15, -0.1) is 0 Å². The van der Waals surface area contributed by atoms with Crippen LogP contribution in [0.1, 0.15) is 12.0 Å². The molecule has 1 aromatic rings. The number of hydrazone groups is 1. The van der Waals surface area contributed by atoms with Crippen molar-refractivity contribution in [3.63, 3.8) is 0 Å². The van der Waals surface area contributed by atoms with Gasteiger partial charge in [0.15, 0.2) is 0 Å². The Balaban J connectivity index is 2.27. The van der Waals surface area contributed by atoms with Crippen molar-refractivity contribution in [1.82, 2.24) is 5.43 Å². The van der Waals surface area contributed by atoms with Gasteiger partial charge in [0.05, 0.1) is 5.71 Å². The van der Waals surface area contributed by atoms with Gasteiger partial charge in [-0.1, -0.05) is 12.1 Å². The summed E-state index contributed by atoms with van der Waals surface area (Å²) in [5, 5.41) is 22.5. The Labute approximate surface area is 105 Å². The van der Waals surface area contributed by atoms with E-state index >= 15 is 0 Å². The number of rotatable bonds is 3. The number of halogens is 4. The average Bonchev–Trinajstić information content (AvgIpc) is 2.74. The van der Waals surface area contributed by atoms with Crippen molar-refractivity contribution in [2.75, 3.05) is 0 Å². The van der Waals surface area contributed by atoms with E-state index in [1.165, 1.54) is 24.3 Å². The normalized spacial score (nSPS) is 23.4. The third-order valence-corrected chi connectivity index (χ3v) is 2.84. The topological polar surface area (TPSA) is 64.9 Å². The summed E-state index contributed by atoms with van der Waals surface area (Å²) in [6.45, 7) is 0. The SMILES string of the molecule is Oc1ccccc1C1=NN[C@@](O)(C(F)(F)C(F)F)C1. The average molecular weight is 278 g/mol. The molecular weight excluding hydrogens is 268 g/mol. The Morgan fingerprint density at radius 3 is 2.53 bits per heavy atom. The van der Waals surface area contributed by atoms with Crippen LogP contribution >= 0.6 is 0 Å². The lowest BCUT2D eigenvalue weighted by Crippen LogP contribution is -2.58. The fraction of sp³-hybridized carbons (Fsp3) is 0.364. The quantitative estimate of drug-likeness (QED) is 0.737. The van der Waals surface area contributed by atoms with Gasteiger partial charge >= 0.3 is 12.3 Å². The van der Waals surface area contributed by atoms with Crippen LogP contribution in [0.2, 0.25) is 0 Å². The number of hydrogen-bond acceptors (Lipinski definition) is 4. The van der Waals surface area contributed by atoms with E-state index in [1.807, 2.05) is 0 Å². The fourth-order valence-electron chi connectivity index (χ4n) is 1.73. The van der Waals surface area contributed by atoms with E-state index in [9.17, 15) is 27.8 Å². The molecule has 0 fully saturated rings. The Morgan fingerprint density at radius 2 is 1.95 bits per heavy atom. The zero-order chi connectivity index (χ0) is 14.3. The summed E-state index contributed by atoms with van der Waals surface area (Å²) in [7, 11) is 0. The van der Waals surface area contributed by atoms with Crippen molar-refractivity contribution in [3.8, 4) is 5.75 Å². The summed E-state index contributed by atoms with van der Waals surface area (Å²) in [6.07, 6.45) is -4.88. The van der Waals surface area contributed by atoms with Crippen molar-refractivity contribution in [3.05, 3.63) is 29.8 Å². The highest BCUT2D eigenvalue weighted by Crippen LogP contribution is 2.39. The summed E-state index contributed by atoms with van der Waals surface area (Å²) < 4.78 is 51.0. The molecule has 4 nitrogen and oxygen atoms in total. The van der Waals surface area contributed by atoms with Crippen LogP contribution < -0.4 is 5.43 Å². The number of nitrogens with one attached hydrogen (secondary N) is 1. The number of phenols is 1. The molecule has 19 heavy (non-hydrogen) atoms. The maximum atomic E-state index is 13.2. The van der Waals surface area contributed by atoms with Crippen molar-refractivity contribution < 1.29 is 27.8 Å². The molecule has 2 rings (SSSR count). The van der Waals surface area contributed by atoms with Gasteiger partial charge in [0.25, 0.3) is 0 Å². The van der Waals surface area contributed by atoms with Crippen LogP contribution in [-0.2, 0) is 0 Å². The molecule has 0 spiro atoms. The van der Waals surface area contributed by atoms with Crippen molar-refractivity contribution >= 4 is 5.71 Å². The van der Waals surface area contributed by atoms with Gasteiger partial charge in [-0.3, -0.25) is 5.43 Å². The molecule has 1 aliphatic rings. The van der Waals surface area contributed by atoms with E-state index in [0.717, 1.165) is 0 Å². The summed E-state index contributed by atoms with van der Waals surface area (Å²) in [5.74, 6) is -4.91. The van der Waals surface area contributed by atoms with E-state index in [2.05, 4.69) is 5.10 Å². The molecule has 0 saturated heterocycles. The van der Waals surface area contributed by atoms with Crippen LogP contribution in [-0.4, -0.2) is 34.0 Å². The standard InChI is InChI=1S/C11H10F4N2O2/c12-9(13)11(14,15)10(19)5-7(16-17-10)6-3-1-2-4-8(6)18/h1-4,9,17-19H,5H2/t10-/m0/s1. The predicted molar refractivity (Wildman–Crippen MR) is 58.3 cm³/mol. The molecule has 1 atom stereocenters. The first kappa shape index (κ1) is 13.6. The highest BCUT2D eigenvalue weighted by molar-refractivity contribution is 6.04. The molecule has 0 radical (unpaired) electrons. The second-order valence-corrected chi connectivity index (χ2v) is 4.15. The molecule has 0 unspecified atom stereocenters. The zero-order valence-corrected chi connectivity index (χ0v) is 9.45. The smallest absolute Gasteiger partial charge is 0.355 e. The first-order valence-corrected chi connectivity index (χ1v) is 5.28. The van der Waals surface area contributed by atoms with Gasteiger partial charge in [0.1, 0.15) is 5.75 Å². The molecule has 0 aromatic heterocycles. The number of para-hydroxylation sites is 1. The van der Waals surface area contributed by atoms with Crippen molar-refractivity contribution in [1.29, 1.82) is 0 Å². The van der Waals surface area contributed by atoms with Crippen molar-refractivity contribution in [2.45, 2.75) is 24.5 Å². The molecule has 104 valence electrons. The molecule has 1 aromatic carbocycles. The first-order valence-electron chi connectivity index (χ1n) is 5.28. The molecular formula is C11H10F4N2O2. The van der Waals surface area contributed by atoms with Crippen LogP contribution in [0.3, 0.4) is 0 Å². The Hall–Kier alpha value is -1.83. The summed E-state index contributed by atoms with van der Waals surface area (Å²) >= 11 is 0. The van der Waals surface area contributed by atoms with Gasteiger partial charge < -0.3 is 10.2 Å². The van der Waals surface area contributed by atoms with Crippen LogP contribution in [0.15, 0.2) is 29.4 Å². The maximum Gasteiger partial charge on any atom is 0.355 e. The second-order valence-electron chi connectivity index (χ2n) is 4.15. The molecule has 8 heteroatoms. The highest BCUT2D eigenvalue weighted by atomic mass is 19.3. The van der Waals surface area contributed by atoms with Gasteiger partial charge in [-0.25, -0.2) is 8.78 Å². The lowest BCUT2D eigenvalue weighted by molar-refractivity contribution is -0.248. The van der Waals surface area contributed by atoms with Gasteiger partial charge in [-0.2, -0.15) is 13.9 Å². The molecule has 0 saturated carbocycles. The number of aliphatic hydroxyl groups is 1. The van der Waals surface area contributed by atoms with Gasteiger partial charge in [-0.05, 0) is 12.1 Å². The molecule has 0 amide bonds. The third kappa shape index (κ3) is 2.12. The minimum atomic E-state index is -4.66. The Morgan fingerprint density at radius 1 is 1.32 bits per heavy atom. The summed E-state index contributed by atoms with van der Waals surface area (Å²) in [5.41, 5.74) is -1.57. The van der Waals surface area contributed by atoms with E-state index in [0.29, 0.717) is 0 Å². The number of phenolic OH excluding ortho intramolecular Hbond substituents is 1. The van der Waals surface area contributed by atoms with Crippen LogP contribution in [0.4, 0.5) is 17.6 Å². The fourth-order valence-corrected chi connectivity index (χ4v) is 1.73. The van der Waals surface area contributed by atoms with E-state index < -0.39 is 24.5 Å².